The largest absolute Gasteiger partial charge is 0.372 e. The van der Waals surface area contributed by atoms with Crippen LogP contribution in [-0.2, 0) is 0 Å². The van der Waals surface area contributed by atoms with Crippen molar-refractivity contribution in [3.8, 4) is 0 Å². The summed E-state index contributed by atoms with van der Waals surface area (Å²) in [6.07, 6.45) is 1.95. The lowest BCUT2D eigenvalue weighted by Gasteiger charge is -2.19. The predicted octanol–water partition coefficient (Wildman–Crippen LogP) is 1.86. The molecule has 0 aromatic carbocycles. The van der Waals surface area contributed by atoms with Crippen molar-refractivity contribution < 1.29 is 0 Å². The normalized spacial score (nSPS) is 10.7. The summed E-state index contributed by atoms with van der Waals surface area (Å²) in [5, 5.41) is 3.14. The maximum atomic E-state index is 4.45. The number of hydrogen-bond acceptors (Lipinski definition) is 3. The Balaban J connectivity index is 2.62. The molecule has 1 rings (SSSR count). The lowest BCUT2D eigenvalue weighted by Crippen LogP contribution is -2.27. The van der Waals surface area contributed by atoms with Crippen LogP contribution in [0.25, 0.3) is 0 Å². The lowest BCUT2D eigenvalue weighted by atomic mass is 10.1. The van der Waals surface area contributed by atoms with E-state index in [0.717, 1.165) is 18.8 Å². The van der Waals surface area contributed by atoms with Gasteiger partial charge >= 0.3 is 0 Å². The molecule has 0 spiro atoms. The second kappa shape index (κ2) is 5.71. The Morgan fingerprint density at radius 2 is 2.13 bits per heavy atom. The van der Waals surface area contributed by atoms with Crippen molar-refractivity contribution in [3.63, 3.8) is 0 Å². The van der Waals surface area contributed by atoms with Gasteiger partial charge in [-0.25, -0.2) is 0 Å². The lowest BCUT2D eigenvalue weighted by molar-refractivity contribution is 0.764. The van der Waals surface area contributed by atoms with E-state index in [2.05, 4.69) is 48.2 Å². The van der Waals surface area contributed by atoms with E-state index in [4.69, 9.17) is 0 Å². The second-order valence-corrected chi connectivity index (χ2v) is 4.12. The standard InChI is InChI=1S/C12H21N3/c1-10(2)12-6-5-11(9-14-12)15(4)8-7-13-3/h5-6,9-10,13H,7-8H2,1-4H3. The number of nitrogens with zero attached hydrogens (tertiary/aromatic N) is 2. The third kappa shape index (κ3) is 3.51. The van der Waals surface area contributed by atoms with Gasteiger partial charge in [0.25, 0.3) is 0 Å². The minimum Gasteiger partial charge on any atom is -0.372 e. The molecule has 0 aliphatic rings. The smallest absolute Gasteiger partial charge is 0.0550 e. The molecule has 1 heterocycles. The summed E-state index contributed by atoms with van der Waals surface area (Å²) in [6, 6.07) is 4.24. The number of pyridine rings is 1. The van der Waals surface area contributed by atoms with Gasteiger partial charge in [-0.3, -0.25) is 4.98 Å². The molecule has 1 aromatic rings. The molecule has 0 atom stereocenters. The quantitative estimate of drug-likeness (QED) is 0.799. The van der Waals surface area contributed by atoms with Crippen molar-refractivity contribution in [3.05, 3.63) is 24.0 Å². The number of rotatable bonds is 5. The average Bonchev–Trinajstić information content (AvgIpc) is 2.26. The predicted molar refractivity (Wildman–Crippen MR) is 65.5 cm³/mol. The Morgan fingerprint density at radius 1 is 1.40 bits per heavy atom. The third-order valence-corrected chi connectivity index (χ3v) is 2.50. The van der Waals surface area contributed by atoms with E-state index in [9.17, 15) is 0 Å². The van der Waals surface area contributed by atoms with E-state index in [0.29, 0.717) is 5.92 Å². The molecule has 0 aliphatic carbocycles. The molecular weight excluding hydrogens is 186 g/mol. The number of nitrogens with one attached hydrogen (secondary N) is 1. The Bertz CT molecular complexity index is 279. The van der Waals surface area contributed by atoms with Gasteiger partial charge in [-0.05, 0) is 25.1 Å². The first-order valence-electron chi connectivity index (χ1n) is 5.47. The molecule has 0 aliphatic heterocycles. The Labute approximate surface area is 92.5 Å². The van der Waals surface area contributed by atoms with Crippen molar-refractivity contribution in [1.82, 2.24) is 10.3 Å². The van der Waals surface area contributed by atoms with Crippen LogP contribution in [0.3, 0.4) is 0 Å². The van der Waals surface area contributed by atoms with Crippen molar-refractivity contribution in [1.29, 1.82) is 0 Å². The minimum absolute atomic E-state index is 0.502. The average molecular weight is 207 g/mol. The molecule has 0 bridgehead atoms. The van der Waals surface area contributed by atoms with Gasteiger partial charge in [0.1, 0.15) is 0 Å². The van der Waals surface area contributed by atoms with E-state index in [1.54, 1.807) is 0 Å². The monoisotopic (exact) mass is 207 g/mol. The summed E-state index contributed by atoms with van der Waals surface area (Å²) in [7, 11) is 4.05. The molecule has 0 amide bonds. The number of anilines is 1. The fourth-order valence-corrected chi connectivity index (χ4v) is 1.37. The van der Waals surface area contributed by atoms with Crippen LogP contribution in [0.2, 0.25) is 0 Å². The van der Waals surface area contributed by atoms with Gasteiger partial charge in [-0.1, -0.05) is 13.8 Å². The highest BCUT2D eigenvalue weighted by Crippen LogP contribution is 2.15. The van der Waals surface area contributed by atoms with Gasteiger partial charge in [0, 0.05) is 25.8 Å². The SMILES string of the molecule is CNCCN(C)c1ccc(C(C)C)nc1. The molecule has 0 fully saturated rings. The first kappa shape index (κ1) is 12.0. The van der Waals surface area contributed by atoms with Crippen LogP contribution >= 0.6 is 0 Å². The zero-order valence-electron chi connectivity index (χ0n) is 10.1. The van der Waals surface area contributed by atoms with Crippen LogP contribution in [0.4, 0.5) is 5.69 Å². The molecule has 3 nitrogen and oxygen atoms in total. The van der Waals surface area contributed by atoms with E-state index >= 15 is 0 Å². The van der Waals surface area contributed by atoms with Crippen LogP contribution < -0.4 is 10.2 Å². The molecule has 84 valence electrons. The van der Waals surface area contributed by atoms with Gasteiger partial charge in [0.2, 0.25) is 0 Å². The summed E-state index contributed by atoms with van der Waals surface area (Å²) < 4.78 is 0. The van der Waals surface area contributed by atoms with E-state index < -0.39 is 0 Å². The van der Waals surface area contributed by atoms with Crippen molar-refractivity contribution in [2.24, 2.45) is 0 Å². The van der Waals surface area contributed by atoms with Gasteiger partial charge in [0.15, 0.2) is 0 Å². The van der Waals surface area contributed by atoms with E-state index in [-0.39, 0.29) is 0 Å². The minimum atomic E-state index is 0.502. The molecule has 0 saturated heterocycles. The zero-order chi connectivity index (χ0) is 11.3. The Morgan fingerprint density at radius 3 is 2.60 bits per heavy atom. The highest BCUT2D eigenvalue weighted by atomic mass is 15.1. The summed E-state index contributed by atoms with van der Waals surface area (Å²) in [5.41, 5.74) is 2.33. The first-order valence-corrected chi connectivity index (χ1v) is 5.47. The summed E-state index contributed by atoms with van der Waals surface area (Å²) in [5.74, 6) is 0.502. The maximum absolute atomic E-state index is 4.45. The molecule has 0 unspecified atom stereocenters. The maximum Gasteiger partial charge on any atom is 0.0550 e. The van der Waals surface area contributed by atoms with Crippen molar-refractivity contribution >= 4 is 5.69 Å². The summed E-state index contributed by atoms with van der Waals surface area (Å²) in [6.45, 7) is 6.31. The topological polar surface area (TPSA) is 28.2 Å². The zero-order valence-corrected chi connectivity index (χ0v) is 10.1. The Kier molecular flexibility index (Phi) is 4.56. The van der Waals surface area contributed by atoms with Gasteiger partial charge in [0.05, 0.1) is 11.9 Å². The fraction of sp³-hybridized carbons (Fsp3) is 0.583. The molecule has 0 radical (unpaired) electrons. The molecule has 1 aromatic heterocycles. The molecule has 0 saturated carbocycles. The van der Waals surface area contributed by atoms with Gasteiger partial charge in [-0.2, -0.15) is 0 Å². The highest BCUT2D eigenvalue weighted by Gasteiger charge is 2.03. The molecule has 15 heavy (non-hydrogen) atoms. The fourth-order valence-electron chi connectivity index (χ4n) is 1.37. The van der Waals surface area contributed by atoms with Crippen LogP contribution in [0.1, 0.15) is 25.5 Å². The van der Waals surface area contributed by atoms with Crippen LogP contribution in [0, 0.1) is 0 Å². The van der Waals surface area contributed by atoms with E-state index in [1.165, 1.54) is 5.69 Å². The summed E-state index contributed by atoms with van der Waals surface area (Å²) >= 11 is 0. The van der Waals surface area contributed by atoms with E-state index in [1.807, 2.05) is 13.2 Å². The molecular formula is C12H21N3. The molecule has 1 N–H and O–H groups in total. The number of hydrogen-bond donors (Lipinski definition) is 1. The number of aromatic nitrogens is 1. The Hall–Kier alpha value is -1.09. The van der Waals surface area contributed by atoms with Crippen LogP contribution in [0.5, 0.6) is 0 Å². The van der Waals surface area contributed by atoms with Crippen LogP contribution in [0.15, 0.2) is 18.3 Å². The van der Waals surface area contributed by atoms with Crippen molar-refractivity contribution in [2.45, 2.75) is 19.8 Å². The molecule has 3 heteroatoms. The van der Waals surface area contributed by atoms with Gasteiger partial charge in [-0.15, -0.1) is 0 Å². The first-order chi connectivity index (χ1) is 7.15. The summed E-state index contributed by atoms with van der Waals surface area (Å²) in [4.78, 5) is 6.65. The third-order valence-electron chi connectivity index (χ3n) is 2.50. The second-order valence-electron chi connectivity index (χ2n) is 4.12. The van der Waals surface area contributed by atoms with Crippen LogP contribution in [-0.4, -0.2) is 32.2 Å². The van der Waals surface area contributed by atoms with Gasteiger partial charge < -0.3 is 10.2 Å². The van der Waals surface area contributed by atoms with Crippen molar-refractivity contribution in [2.75, 3.05) is 32.1 Å². The highest BCUT2D eigenvalue weighted by molar-refractivity contribution is 5.43. The number of likely N-dealkylation sites (N-methyl/N-ethyl adjacent to an activating group) is 2.